The van der Waals surface area contributed by atoms with Gasteiger partial charge in [0.15, 0.2) is 0 Å². The molecular weight excluding hydrogens is 467 g/mol. The van der Waals surface area contributed by atoms with Gasteiger partial charge in [-0.15, -0.1) is 0 Å². The molecule has 0 aliphatic heterocycles. The Morgan fingerprint density at radius 3 is 1.00 bits per heavy atom. The van der Waals surface area contributed by atoms with E-state index in [4.69, 9.17) is 11.5 Å². The van der Waals surface area contributed by atoms with Gasteiger partial charge in [0.2, 0.25) is 0 Å². The molecule has 2 aromatic rings. The van der Waals surface area contributed by atoms with Gasteiger partial charge in [0.05, 0.1) is 0 Å². The molecule has 0 unspecified atom stereocenters. The second-order valence-corrected chi connectivity index (χ2v) is 17.3. The molecule has 0 bridgehead atoms. The molecule has 0 aliphatic carbocycles. The molecule has 0 atom stereocenters. The summed E-state index contributed by atoms with van der Waals surface area (Å²) in [6.07, 6.45) is 0. The summed E-state index contributed by atoms with van der Waals surface area (Å²) in [7, 11) is -5.73. The van der Waals surface area contributed by atoms with Gasteiger partial charge in [-0.1, -0.05) is 0 Å². The quantitative estimate of drug-likeness (QED) is 0.365. The van der Waals surface area contributed by atoms with Crippen molar-refractivity contribution >= 4 is 17.9 Å². The molecule has 0 aromatic heterocycles. The van der Waals surface area contributed by atoms with Crippen molar-refractivity contribution in [3.8, 4) is 0 Å². The van der Waals surface area contributed by atoms with Crippen molar-refractivity contribution in [2.75, 3.05) is 0 Å². The van der Waals surface area contributed by atoms with Crippen LogP contribution in [0.1, 0.15) is 116 Å². The maximum absolute atomic E-state index is 12.4. The summed E-state index contributed by atoms with van der Waals surface area (Å²) in [4.78, 5) is 37.1. The second-order valence-electron chi connectivity index (χ2n) is 14.5. The van der Waals surface area contributed by atoms with Gasteiger partial charge in [-0.3, -0.25) is 0 Å². The Morgan fingerprint density at radius 1 is 0.528 bits per heavy atom. The van der Waals surface area contributed by atoms with Crippen LogP contribution < -0.4 is 22.1 Å². The summed E-state index contributed by atoms with van der Waals surface area (Å²) >= 11 is 0. The van der Waals surface area contributed by atoms with E-state index in [1.807, 2.05) is 65.8 Å². The molecule has 0 amide bonds. The minimum absolute atomic E-state index is 0.0603. The molecule has 7 N–H and O–H groups in total. The van der Waals surface area contributed by atoms with E-state index >= 15 is 0 Å². The Kier molecular flexibility index (Phi) is 7.85. The molecular formula is C30H51N2O3P. The minimum atomic E-state index is -5.73. The molecule has 0 heterocycles. The van der Waals surface area contributed by atoms with E-state index in [2.05, 4.69) is 41.5 Å². The fraction of sp³-hybridized carbons (Fsp3) is 0.600. The van der Waals surface area contributed by atoms with Crippen LogP contribution in [0.4, 0.5) is 0 Å². The number of benzene rings is 2. The average molecular weight is 519 g/mol. The van der Waals surface area contributed by atoms with E-state index < -0.39 is 18.1 Å². The Labute approximate surface area is 219 Å². The van der Waals surface area contributed by atoms with Crippen molar-refractivity contribution in [2.45, 2.75) is 118 Å². The topological polar surface area (TPSA) is 113 Å². The Bertz CT molecular complexity index is 1050. The van der Waals surface area contributed by atoms with Crippen LogP contribution in [0.5, 0.6) is 0 Å². The molecule has 0 aliphatic rings. The van der Waals surface area contributed by atoms with Gasteiger partial charge in [0.25, 0.3) is 0 Å². The monoisotopic (exact) mass is 518 g/mol. The molecule has 2 aromatic carbocycles. The van der Waals surface area contributed by atoms with E-state index in [0.717, 1.165) is 11.1 Å². The zero-order chi connectivity index (χ0) is 28.3. The molecule has 0 radical (unpaired) electrons. The standard InChI is InChI=1S/C30H51N2O3P/c1-27(2,3)21-13-19(17-31)25(23(15-21)29(7,8)9)36(33,34,35)26-20(18-32)14-22(28(4,5)6)16-24(26)30(10,11)12/h13-16,33-35H,17-18,31-32H2,1-12H3. The maximum atomic E-state index is 12.4. The first-order valence-electron chi connectivity index (χ1n) is 12.9. The summed E-state index contributed by atoms with van der Waals surface area (Å²) in [5.41, 5.74) is 15.6. The van der Waals surface area contributed by atoms with Gasteiger partial charge in [0, 0.05) is 0 Å². The SMILES string of the molecule is CC(C)(C)c1cc(CN)c(P(O)(O)(O)c2c(CN)cc(C(C)(C)C)cc2C(C)(C)C)c(C(C)(C)C)c1. The van der Waals surface area contributed by atoms with Crippen LogP contribution in [0.2, 0.25) is 0 Å². The summed E-state index contributed by atoms with van der Waals surface area (Å²) < 4.78 is 0. The normalized spacial score (nSPS) is 15.1. The summed E-state index contributed by atoms with van der Waals surface area (Å²) in [6, 6.07) is 7.83. The van der Waals surface area contributed by atoms with E-state index in [0.29, 0.717) is 22.3 Å². The van der Waals surface area contributed by atoms with Crippen molar-refractivity contribution in [1.82, 2.24) is 0 Å². The van der Waals surface area contributed by atoms with Gasteiger partial charge in [-0.2, -0.15) is 0 Å². The van der Waals surface area contributed by atoms with E-state index in [1.54, 1.807) is 0 Å². The molecule has 0 spiro atoms. The van der Waals surface area contributed by atoms with Gasteiger partial charge >= 0.3 is 220 Å². The van der Waals surface area contributed by atoms with Crippen LogP contribution in [-0.2, 0) is 34.7 Å². The van der Waals surface area contributed by atoms with Crippen LogP contribution in [0.3, 0.4) is 0 Å². The number of rotatable bonds is 4. The van der Waals surface area contributed by atoms with Crippen molar-refractivity contribution in [1.29, 1.82) is 0 Å². The molecule has 36 heavy (non-hydrogen) atoms. The van der Waals surface area contributed by atoms with Crippen LogP contribution >= 0.6 is 7.28 Å². The van der Waals surface area contributed by atoms with Crippen LogP contribution in [0.15, 0.2) is 24.3 Å². The zero-order valence-corrected chi connectivity index (χ0v) is 25.6. The van der Waals surface area contributed by atoms with Crippen molar-refractivity contribution in [3.63, 3.8) is 0 Å². The number of hydrogen-bond donors (Lipinski definition) is 5. The van der Waals surface area contributed by atoms with Crippen LogP contribution in [-0.4, -0.2) is 14.7 Å². The fourth-order valence-corrected chi connectivity index (χ4v) is 8.07. The first-order chi connectivity index (χ1) is 15.8. The van der Waals surface area contributed by atoms with Crippen molar-refractivity contribution in [2.24, 2.45) is 11.5 Å². The van der Waals surface area contributed by atoms with Crippen LogP contribution in [0.25, 0.3) is 0 Å². The molecule has 204 valence electrons. The molecule has 5 nitrogen and oxygen atoms in total. The van der Waals surface area contributed by atoms with Gasteiger partial charge in [-0.05, 0) is 0 Å². The Balaban J connectivity index is 3.23. The summed E-state index contributed by atoms with van der Waals surface area (Å²) in [5, 5.41) is 0.292. The molecule has 0 saturated heterocycles. The van der Waals surface area contributed by atoms with Gasteiger partial charge in [-0.25, -0.2) is 0 Å². The van der Waals surface area contributed by atoms with E-state index in [9.17, 15) is 14.7 Å². The molecule has 6 heteroatoms. The Morgan fingerprint density at radius 2 is 0.806 bits per heavy atom. The third-order valence-electron chi connectivity index (χ3n) is 6.99. The second kappa shape index (κ2) is 9.15. The number of nitrogens with two attached hydrogens (primary N) is 2. The van der Waals surface area contributed by atoms with Crippen molar-refractivity contribution in [3.05, 3.63) is 57.6 Å². The zero-order valence-electron chi connectivity index (χ0n) is 24.7. The third-order valence-corrected chi connectivity index (χ3v) is 9.69. The molecule has 2 rings (SSSR count). The van der Waals surface area contributed by atoms with Gasteiger partial charge < -0.3 is 0 Å². The molecule has 0 saturated carbocycles. The molecule has 0 fully saturated rings. The van der Waals surface area contributed by atoms with E-state index in [1.165, 1.54) is 0 Å². The average Bonchev–Trinajstić information content (AvgIpc) is 2.68. The predicted octanol–water partition coefficient (Wildman–Crippen LogP) is 5.02. The summed E-state index contributed by atoms with van der Waals surface area (Å²) in [6.45, 7) is 24.9. The number of hydrogen-bond acceptors (Lipinski definition) is 5. The van der Waals surface area contributed by atoms with Crippen molar-refractivity contribution < 1.29 is 14.7 Å². The first-order valence-corrected chi connectivity index (χ1v) is 15.0. The predicted molar refractivity (Wildman–Crippen MR) is 156 cm³/mol. The van der Waals surface area contributed by atoms with Crippen LogP contribution in [0, 0.1) is 0 Å². The first kappa shape index (κ1) is 30.9. The fourth-order valence-electron chi connectivity index (χ4n) is 4.79. The van der Waals surface area contributed by atoms with Gasteiger partial charge in [0.1, 0.15) is 0 Å². The summed E-state index contributed by atoms with van der Waals surface area (Å²) in [5.74, 6) is 0. The Hall–Kier alpha value is -1.33. The van der Waals surface area contributed by atoms with E-state index in [-0.39, 0.29) is 34.5 Å². The third kappa shape index (κ3) is 5.88.